The normalized spacial score (nSPS) is 18.6. The zero-order chi connectivity index (χ0) is 15.8. The predicted octanol–water partition coefficient (Wildman–Crippen LogP) is 1.21. The summed E-state index contributed by atoms with van der Waals surface area (Å²) in [6.45, 7) is 2.43. The molecule has 1 aliphatic rings. The fourth-order valence-electron chi connectivity index (χ4n) is 2.93. The summed E-state index contributed by atoms with van der Waals surface area (Å²) >= 11 is 0. The Bertz CT molecular complexity index is 454. The van der Waals surface area contributed by atoms with E-state index >= 15 is 0 Å². The minimum Gasteiger partial charge on any atom is -0.381 e. The molecule has 1 aromatic rings. The van der Waals surface area contributed by atoms with Crippen LogP contribution in [0.5, 0.6) is 0 Å². The third-order valence-corrected chi connectivity index (χ3v) is 4.47. The molecule has 0 saturated carbocycles. The van der Waals surface area contributed by atoms with Crippen molar-refractivity contribution >= 4 is 5.91 Å². The summed E-state index contributed by atoms with van der Waals surface area (Å²) in [5.74, 6) is -0.0147. The molecule has 1 fully saturated rings. The first-order chi connectivity index (χ1) is 10.7. The van der Waals surface area contributed by atoms with Gasteiger partial charge in [0, 0.05) is 38.8 Å². The van der Waals surface area contributed by atoms with Gasteiger partial charge in [-0.1, -0.05) is 30.3 Å². The van der Waals surface area contributed by atoms with E-state index in [-0.39, 0.29) is 17.4 Å². The SMILES string of the molecule is COC(CN)CC(=O)NCC1(c2ccccc2)CCOCC1. The molecular weight excluding hydrogens is 280 g/mol. The molecule has 0 bridgehead atoms. The Kier molecular flexibility index (Phi) is 6.36. The van der Waals surface area contributed by atoms with Gasteiger partial charge in [-0.25, -0.2) is 0 Å². The minimum absolute atomic E-state index is 0.0147. The first-order valence-corrected chi connectivity index (χ1v) is 7.83. The summed E-state index contributed by atoms with van der Waals surface area (Å²) in [5.41, 5.74) is 6.79. The average Bonchev–Trinajstić information content (AvgIpc) is 2.59. The summed E-state index contributed by atoms with van der Waals surface area (Å²) in [4.78, 5) is 12.1. The molecule has 3 N–H and O–H groups in total. The van der Waals surface area contributed by atoms with Crippen LogP contribution in [0.2, 0.25) is 0 Å². The number of hydrogen-bond acceptors (Lipinski definition) is 4. The van der Waals surface area contributed by atoms with Crippen LogP contribution in [-0.2, 0) is 19.7 Å². The molecule has 1 amide bonds. The number of rotatable bonds is 7. The number of ether oxygens (including phenoxy) is 2. The smallest absolute Gasteiger partial charge is 0.222 e. The highest BCUT2D eigenvalue weighted by Crippen LogP contribution is 2.34. The van der Waals surface area contributed by atoms with Gasteiger partial charge in [-0.2, -0.15) is 0 Å². The summed E-state index contributed by atoms with van der Waals surface area (Å²) in [7, 11) is 1.58. The zero-order valence-electron chi connectivity index (χ0n) is 13.2. The van der Waals surface area contributed by atoms with Crippen molar-refractivity contribution in [3.8, 4) is 0 Å². The lowest BCUT2D eigenvalue weighted by atomic mass is 9.74. The van der Waals surface area contributed by atoms with Crippen LogP contribution in [0.3, 0.4) is 0 Å². The fourth-order valence-corrected chi connectivity index (χ4v) is 2.93. The Labute approximate surface area is 132 Å². The van der Waals surface area contributed by atoms with Crippen LogP contribution in [0.15, 0.2) is 30.3 Å². The predicted molar refractivity (Wildman–Crippen MR) is 85.7 cm³/mol. The molecule has 2 rings (SSSR count). The number of nitrogens with one attached hydrogen (secondary N) is 1. The molecule has 1 heterocycles. The molecule has 1 unspecified atom stereocenters. The van der Waals surface area contributed by atoms with Gasteiger partial charge in [0.05, 0.1) is 12.5 Å². The molecule has 0 spiro atoms. The summed E-state index contributed by atoms with van der Waals surface area (Å²) in [6, 6.07) is 10.4. The van der Waals surface area contributed by atoms with E-state index in [0.29, 0.717) is 19.5 Å². The Balaban J connectivity index is 2.00. The number of amides is 1. The Morgan fingerprint density at radius 1 is 1.36 bits per heavy atom. The molecule has 1 aromatic carbocycles. The maximum Gasteiger partial charge on any atom is 0.222 e. The lowest BCUT2D eigenvalue weighted by Gasteiger charge is -2.38. The van der Waals surface area contributed by atoms with Gasteiger partial charge < -0.3 is 20.5 Å². The molecule has 22 heavy (non-hydrogen) atoms. The van der Waals surface area contributed by atoms with Gasteiger partial charge >= 0.3 is 0 Å². The van der Waals surface area contributed by atoms with Crippen LogP contribution in [0, 0.1) is 0 Å². The topological polar surface area (TPSA) is 73.6 Å². The highest BCUT2D eigenvalue weighted by atomic mass is 16.5. The molecule has 1 aliphatic heterocycles. The Morgan fingerprint density at radius 2 is 2.05 bits per heavy atom. The standard InChI is InChI=1S/C17H26N2O3/c1-21-15(12-18)11-16(20)19-13-17(7-9-22-10-8-17)14-5-3-2-4-6-14/h2-6,15H,7-13,18H2,1H3,(H,19,20). The van der Waals surface area contributed by atoms with Crippen LogP contribution >= 0.6 is 0 Å². The van der Waals surface area contributed by atoms with Gasteiger partial charge in [-0.05, 0) is 18.4 Å². The number of carbonyl (C=O) groups is 1. The highest BCUT2D eigenvalue weighted by molar-refractivity contribution is 5.76. The molecule has 5 nitrogen and oxygen atoms in total. The first kappa shape index (κ1) is 16.9. The maximum absolute atomic E-state index is 12.1. The number of carbonyl (C=O) groups excluding carboxylic acids is 1. The van der Waals surface area contributed by atoms with E-state index < -0.39 is 0 Å². The fraction of sp³-hybridized carbons (Fsp3) is 0.588. The summed E-state index contributed by atoms with van der Waals surface area (Å²) < 4.78 is 10.7. The molecular formula is C17H26N2O3. The Hall–Kier alpha value is -1.43. The number of hydrogen-bond donors (Lipinski definition) is 2. The molecule has 0 aromatic heterocycles. The van der Waals surface area contributed by atoms with Gasteiger partial charge in [0.1, 0.15) is 0 Å². The molecule has 0 radical (unpaired) electrons. The number of benzene rings is 1. The van der Waals surface area contributed by atoms with E-state index in [0.717, 1.165) is 26.1 Å². The largest absolute Gasteiger partial charge is 0.381 e. The summed E-state index contributed by atoms with van der Waals surface area (Å²) in [5, 5.41) is 3.06. The van der Waals surface area contributed by atoms with Crippen LogP contribution in [-0.4, -0.2) is 45.4 Å². The lowest BCUT2D eigenvalue weighted by molar-refractivity contribution is -0.123. The third-order valence-electron chi connectivity index (χ3n) is 4.47. The van der Waals surface area contributed by atoms with Gasteiger partial charge in [-0.3, -0.25) is 4.79 Å². The lowest BCUT2D eigenvalue weighted by Crippen LogP contribution is -2.45. The molecule has 122 valence electrons. The molecule has 1 saturated heterocycles. The second-order valence-corrected chi connectivity index (χ2v) is 5.83. The van der Waals surface area contributed by atoms with Crippen molar-refractivity contribution in [1.82, 2.24) is 5.32 Å². The molecule has 5 heteroatoms. The van der Waals surface area contributed by atoms with Crippen molar-refractivity contribution in [2.24, 2.45) is 5.73 Å². The van der Waals surface area contributed by atoms with Crippen molar-refractivity contribution in [3.05, 3.63) is 35.9 Å². The van der Waals surface area contributed by atoms with Crippen LogP contribution in [0.4, 0.5) is 0 Å². The second-order valence-electron chi connectivity index (χ2n) is 5.83. The van der Waals surface area contributed by atoms with Gasteiger partial charge in [-0.15, -0.1) is 0 Å². The van der Waals surface area contributed by atoms with E-state index in [1.54, 1.807) is 7.11 Å². The quantitative estimate of drug-likeness (QED) is 0.794. The monoisotopic (exact) mass is 306 g/mol. The van der Waals surface area contributed by atoms with Gasteiger partial charge in [0.2, 0.25) is 5.91 Å². The van der Waals surface area contributed by atoms with Crippen molar-refractivity contribution in [1.29, 1.82) is 0 Å². The highest BCUT2D eigenvalue weighted by Gasteiger charge is 2.34. The number of nitrogens with two attached hydrogens (primary N) is 1. The van der Waals surface area contributed by atoms with Crippen LogP contribution in [0.25, 0.3) is 0 Å². The van der Waals surface area contributed by atoms with E-state index in [9.17, 15) is 4.79 Å². The van der Waals surface area contributed by atoms with E-state index in [2.05, 4.69) is 17.4 Å². The van der Waals surface area contributed by atoms with E-state index in [1.807, 2.05) is 18.2 Å². The first-order valence-electron chi connectivity index (χ1n) is 7.83. The number of methoxy groups -OCH3 is 1. The maximum atomic E-state index is 12.1. The van der Waals surface area contributed by atoms with Crippen LogP contribution < -0.4 is 11.1 Å². The zero-order valence-corrected chi connectivity index (χ0v) is 13.2. The van der Waals surface area contributed by atoms with E-state index in [1.165, 1.54) is 5.56 Å². The summed E-state index contributed by atoms with van der Waals surface area (Å²) in [6.07, 6.45) is 1.92. The van der Waals surface area contributed by atoms with Crippen molar-refractivity contribution in [3.63, 3.8) is 0 Å². The Morgan fingerprint density at radius 3 is 2.64 bits per heavy atom. The van der Waals surface area contributed by atoms with Crippen molar-refractivity contribution < 1.29 is 14.3 Å². The van der Waals surface area contributed by atoms with Crippen LogP contribution in [0.1, 0.15) is 24.8 Å². The average molecular weight is 306 g/mol. The third kappa shape index (κ3) is 4.29. The van der Waals surface area contributed by atoms with Gasteiger partial charge in [0.25, 0.3) is 0 Å². The molecule has 1 atom stereocenters. The van der Waals surface area contributed by atoms with Crippen molar-refractivity contribution in [2.75, 3.05) is 33.4 Å². The van der Waals surface area contributed by atoms with Crippen molar-refractivity contribution in [2.45, 2.75) is 30.8 Å². The van der Waals surface area contributed by atoms with E-state index in [4.69, 9.17) is 15.2 Å². The minimum atomic E-state index is -0.220. The van der Waals surface area contributed by atoms with Gasteiger partial charge in [0.15, 0.2) is 0 Å². The molecule has 0 aliphatic carbocycles. The second kappa shape index (κ2) is 8.27.